The van der Waals surface area contributed by atoms with Gasteiger partial charge < -0.3 is 0 Å². The maximum absolute atomic E-state index is 5.92. The second-order valence-electron chi connectivity index (χ2n) is 3.47. The Hall–Kier alpha value is 0.470. The Kier molecular flexibility index (Phi) is 4.77. The first-order valence-electron chi connectivity index (χ1n) is 4.46. The Morgan fingerprint density at radius 3 is 2.54 bits per heavy atom. The fourth-order valence-corrected chi connectivity index (χ4v) is 3.31. The lowest BCUT2D eigenvalue weighted by molar-refractivity contribution is 0.496. The van der Waals surface area contributed by atoms with Gasteiger partial charge in [-0.1, -0.05) is 41.4 Å². The molecule has 0 spiro atoms. The quantitative estimate of drug-likeness (QED) is 0.687. The van der Waals surface area contributed by atoms with E-state index >= 15 is 0 Å². The maximum Gasteiger partial charge on any atom is 0.0931 e. The van der Waals surface area contributed by atoms with Gasteiger partial charge in [0.2, 0.25) is 0 Å². The van der Waals surface area contributed by atoms with E-state index in [-0.39, 0.29) is 0 Å². The van der Waals surface area contributed by atoms with Crippen molar-refractivity contribution in [3.63, 3.8) is 0 Å². The molecule has 0 amide bonds. The summed E-state index contributed by atoms with van der Waals surface area (Å²) in [4.78, 5) is 1.42. The molecule has 0 fully saturated rings. The van der Waals surface area contributed by atoms with Crippen molar-refractivity contribution in [1.82, 2.24) is 0 Å². The van der Waals surface area contributed by atoms with Crippen LogP contribution in [0.4, 0.5) is 0 Å². The summed E-state index contributed by atoms with van der Waals surface area (Å²) >= 11 is 11.1. The van der Waals surface area contributed by atoms with Crippen LogP contribution in [0.3, 0.4) is 0 Å². The van der Waals surface area contributed by atoms with E-state index in [1.165, 1.54) is 11.3 Å². The summed E-state index contributed by atoms with van der Waals surface area (Å²) in [6.45, 7) is 4.53. The minimum Gasteiger partial charge on any atom is -0.128 e. The molecule has 0 aliphatic rings. The lowest BCUT2D eigenvalue weighted by atomic mass is 9.92. The van der Waals surface area contributed by atoms with Crippen molar-refractivity contribution in [1.29, 1.82) is 0 Å². The predicted molar refractivity (Wildman–Crippen MR) is 65.3 cm³/mol. The first-order valence-corrected chi connectivity index (χ1v) is 6.78. The highest BCUT2D eigenvalue weighted by Gasteiger charge is 2.16. The third kappa shape index (κ3) is 3.26. The van der Waals surface area contributed by atoms with Gasteiger partial charge in [0, 0.05) is 10.2 Å². The van der Waals surface area contributed by atoms with Crippen molar-refractivity contribution in [3.05, 3.63) is 21.3 Å². The molecule has 1 aromatic rings. The van der Waals surface area contributed by atoms with Gasteiger partial charge in [0.1, 0.15) is 0 Å². The lowest BCUT2D eigenvalue weighted by Gasteiger charge is -2.17. The molecular formula is C10H14BrClS. The largest absolute Gasteiger partial charge is 0.128 e. The molecule has 0 saturated carbocycles. The van der Waals surface area contributed by atoms with E-state index in [1.807, 2.05) is 6.07 Å². The summed E-state index contributed by atoms with van der Waals surface area (Å²) in [5.41, 5.74) is 0. The Labute approximate surface area is 97.4 Å². The van der Waals surface area contributed by atoms with Crippen LogP contribution in [0.1, 0.15) is 31.1 Å². The van der Waals surface area contributed by atoms with E-state index in [4.69, 9.17) is 11.6 Å². The van der Waals surface area contributed by atoms with Gasteiger partial charge in [0.05, 0.1) is 4.34 Å². The third-order valence-electron chi connectivity index (χ3n) is 2.18. The van der Waals surface area contributed by atoms with Crippen LogP contribution in [-0.4, -0.2) is 5.33 Å². The lowest BCUT2D eigenvalue weighted by Crippen LogP contribution is -2.05. The Morgan fingerprint density at radius 1 is 1.46 bits per heavy atom. The normalized spacial score (nSPS) is 13.6. The number of hydrogen-bond donors (Lipinski definition) is 0. The van der Waals surface area contributed by atoms with Gasteiger partial charge in [-0.05, 0) is 30.4 Å². The minimum atomic E-state index is 0.650. The molecule has 13 heavy (non-hydrogen) atoms. The zero-order chi connectivity index (χ0) is 9.84. The van der Waals surface area contributed by atoms with Crippen LogP contribution < -0.4 is 0 Å². The fraction of sp³-hybridized carbons (Fsp3) is 0.600. The molecule has 3 heteroatoms. The molecule has 0 saturated heterocycles. The highest BCUT2D eigenvalue weighted by atomic mass is 79.9. The highest BCUT2D eigenvalue weighted by Crippen LogP contribution is 2.35. The van der Waals surface area contributed by atoms with Gasteiger partial charge in [0.15, 0.2) is 0 Å². The summed E-state index contributed by atoms with van der Waals surface area (Å²) in [5, 5.41) is 1.06. The third-order valence-corrected chi connectivity index (χ3v) is 4.01. The van der Waals surface area contributed by atoms with Crippen LogP contribution in [0.25, 0.3) is 0 Å². The van der Waals surface area contributed by atoms with E-state index in [0.717, 1.165) is 9.67 Å². The molecule has 1 heterocycles. The van der Waals surface area contributed by atoms with Gasteiger partial charge in [-0.3, -0.25) is 0 Å². The number of rotatable bonds is 4. The van der Waals surface area contributed by atoms with Crippen LogP contribution in [0.15, 0.2) is 12.1 Å². The van der Waals surface area contributed by atoms with Crippen molar-refractivity contribution < 1.29 is 0 Å². The zero-order valence-corrected chi connectivity index (χ0v) is 11.0. The molecule has 1 aromatic heterocycles. The SMILES string of the molecule is CC(C)C(CCBr)c1ccc(Cl)s1. The number of alkyl halides is 1. The van der Waals surface area contributed by atoms with Crippen LogP contribution in [0, 0.1) is 5.92 Å². The second kappa shape index (κ2) is 5.38. The van der Waals surface area contributed by atoms with E-state index in [0.29, 0.717) is 11.8 Å². The topological polar surface area (TPSA) is 0 Å². The first kappa shape index (κ1) is 11.5. The second-order valence-corrected chi connectivity index (χ2v) is 6.01. The molecule has 74 valence electrons. The average molecular weight is 282 g/mol. The smallest absolute Gasteiger partial charge is 0.0931 e. The molecule has 0 bridgehead atoms. The minimum absolute atomic E-state index is 0.650. The maximum atomic E-state index is 5.92. The summed E-state index contributed by atoms with van der Waals surface area (Å²) in [6, 6.07) is 4.14. The molecule has 1 rings (SSSR count). The van der Waals surface area contributed by atoms with E-state index in [1.54, 1.807) is 11.3 Å². The molecule has 0 aromatic carbocycles. The van der Waals surface area contributed by atoms with Crippen LogP contribution in [-0.2, 0) is 0 Å². The van der Waals surface area contributed by atoms with Crippen molar-refractivity contribution in [3.8, 4) is 0 Å². The highest BCUT2D eigenvalue weighted by molar-refractivity contribution is 9.09. The molecule has 1 unspecified atom stereocenters. The number of hydrogen-bond acceptors (Lipinski definition) is 1. The van der Waals surface area contributed by atoms with Crippen molar-refractivity contribution >= 4 is 38.9 Å². The Balaban J connectivity index is 2.75. The molecule has 1 atom stereocenters. The van der Waals surface area contributed by atoms with Gasteiger partial charge in [0.25, 0.3) is 0 Å². The van der Waals surface area contributed by atoms with Crippen LogP contribution >= 0.6 is 38.9 Å². The summed E-state index contributed by atoms with van der Waals surface area (Å²) in [5.74, 6) is 1.34. The van der Waals surface area contributed by atoms with E-state index < -0.39 is 0 Å². The average Bonchev–Trinajstić information content (AvgIpc) is 2.46. The summed E-state index contributed by atoms with van der Waals surface area (Å²) in [6.07, 6.45) is 1.19. The Bertz CT molecular complexity index is 257. The van der Waals surface area contributed by atoms with Gasteiger partial charge in [-0.15, -0.1) is 11.3 Å². The van der Waals surface area contributed by atoms with Crippen molar-refractivity contribution in [2.24, 2.45) is 5.92 Å². The van der Waals surface area contributed by atoms with E-state index in [9.17, 15) is 0 Å². The first-order chi connectivity index (χ1) is 6.15. The molecule has 0 N–H and O–H groups in total. The van der Waals surface area contributed by atoms with E-state index in [2.05, 4.69) is 35.8 Å². The monoisotopic (exact) mass is 280 g/mol. The summed E-state index contributed by atoms with van der Waals surface area (Å²) in [7, 11) is 0. The van der Waals surface area contributed by atoms with Gasteiger partial charge in [-0.2, -0.15) is 0 Å². The zero-order valence-electron chi connectivity index (χ0n) is 7.89. The Morgan fingerprint density at radius 2 is 2.15 bits per heavy atom. The standard InChI is InChI=1S/C10H14BrClS/c1-7(2)8(5-6-11)9-3-4-10(12)13-9/h3-4,7-8H,5-6H2,1-2H3. The molecule has 0 aliphatic carbocycles. The van der Waals surface area contributed by atoms with Gasteiger partial charge >= 0.3 is 0 Å². The van der Waals surface area contributed by atoms with Crippen LogP contribution in [0.5, 0.6) is 0 Å². The number of thiophene rings is 1. The molecule has 0 aliphatic heterocycles. The molecule has 0 radical (unpaired) electrons. The number of halogens is 2. The molecule has 0 nitrogen and oxygen atoms in total. The molecular weight excluding hydrogens is 268 g/mol. The predicted octanol–water partition coefficient (Wildman–Crippen LogP) is 4.93. The van der Waals surface area contributed by atoms with Crippen molar-refractivity contribution in [2.75, 3.05) is 5.33 Å². The summed E-state index contributed by atoms with van der Waals surface area (Å²) < 4.78 is 0.898. The van der Waals surface area contributed by atoms with Crippen molar-refractivity contribution in [2.45, 2.75) is 26.2 Å². The van der Waals surface area contributed by atoms with Crippen LogP contribution in [0.2, 0.25) is 4.34 Å². The fourth-order valence-electron chi connectivity index (χ4n) is 1.45. The van der Waals surface area contributed by atoms with Gasteiger partial charge in [-0.25, -0.2) is 0 Å².